The molecule has 0 saturated heterocycles. The van der Waals surface area contributed by atoms with E-state index in [-0.39, 0.29) is 5.97 Å². The van der Waals surface area contributed by atoms with Crippen LogP contribution in [0.15, 0.2) is 30.3 Å². The molecule has 2 nitrogen and oxygen atoms in total. The van der Waals surface area contributed by atoms with Crippen LogP contribution in [-0.2, 0) is 4.74 Å². The van der Waals surface area contributed by atoms with Gasteiger partial charge in [-0.05, 0) is 30.9 Å². The summed E-state index contributed by atoms with van der Waals surface area (Å²) in [6.45, 7) is 0.591. The maximum absolute atomic E-state index is 11.5. The normalized spacial score (nSPS) is 16.0. The molecule has 1 aliphatic carbocycles. The lowest BCUT2D eigenvalue weighted by molar-refractivity contribution is 0.0371. The van der Waals surface area contributed by atoms with Crippen LogP contribution in [0.1, 0.15) is 29.6 Å². The first-order valence-corrected chi connectivity index (χ1v) is 5.08. The van der Waals surface area contributed by atoms with Crippen molar-refractivity contribution >= 4 is 5.97 Å². The molecule has 0 amide bonds. The van der Waals surface area contributed by atoms with Gasteiger partial charge < -0.3 is 4.74 Å². The SMILES string of the molecule is O=C(OCC1CCC1)c1ccccc1. The van der Waals surface area contributed by atoms with E-state index in [2.05, 4.69) is 0 Å². The summed E-state index contributed by atoms with van der Waals surface area (Å²) < 4.78 is 5.19. The van der Waals surface area contributed by atoms with Gasteiger partial charge in [-0.1, -0.05) is 24.6 Å². The van der Waals surface area contributed by atoms with Gasteiger partial charge in [-0.15, -0.1) is 0 Å². The zero-order valence-corrected chi connectivity index (χ0v) is 8.11. The average Bonchev–Trinajstić information content (AvgIpc) is 2.16. The molecule has 0 unspecified atom stereocenters. The molecule has 1 saturated carbocycles. The van der Waals surface area contributed by atoms with Crippen LogP contribution in [0, 0.1) is 5.92 Å². The summed E-state index contributed by atoms with van der Waals surface area (Å²) in [7, 11) is 0. The summed E-state index contributed by atoms with van der Waals surface area (Å²) in [6.07, 6.45) is 3.71. The van der Waals surface area contributed by atoms with Crippen molar-refractivity contribution in [1.29, 1.82) is 0 Å². The number of rotatable bonds is 3. The minimum Gasteiger partial charge on any atom is -0.462 e. The lowest BCUT2D eigenvalue weighted by atomic mass is 9.86. The molecule has 1 aromatic rings. The molecule has 2 rings (SSSR count). The van der Waals surface area contributed by atoms with Crippen LogP contribution in [0.5, 0.6) is 0 Å². The highest BCUT2D eigenvalue weighted by Gasteiger charge is 2.19. The smallest absolute Gasteiger partial charge is 0.338 e. The second kappa shape index (κ2) is 4.27. The third-order valence-corrected chi connectivity index (χ3v) is 2.68. The number of esters is 1. The average molecular weight is 190 g/mol. The Bertz CT molecular complexity index is 301. The Balaban J connectivity index is 1.83. The largest absolute Gasteiger partial charge is 0.462 e. The first-order valence-electron chi connectivity index (χ1n) is 5.08. The van der Waals surface area contributed by atoms with Crippen molar-refractivity contribution in [2.24, 2.45) is 5.92 Å². The molecule has 0 spiro atoms. The zero-order valence-electron chi connectivity index (χ0n) is 8.11. The van der Waals surface area contributed by atoms with Gasteiger partial charge in [0.05, 0.1) is 12.2 Å². The Morgan fingerprint density at radius 2 is 2.00 bits per heavy atom. The van der Waals surface area contributed by atoms with E-state index < -0.39 is 0 Å². The second-order valence-corrected chi connectivity index (χ2v) is 3.76. The Morgan fingerprint density at radius 3 is 2.57 bits per heavy atom. The fourth-order valence-corrected chi connectivity index (χ4v) is 1.51. The zero-order chi connectivity index (χ0) is 9.80. The third kappa shape index (κ3) is 2.13. The summed E-state index contributed by atoms with van der Waals surface area (Å²) in [6, 6.07) is 9.15. The standard InChI is InChI=1S/C12H14O2/c13-12(11-7-2-1-3-8-11)14-9-10-5-4-6-10/h1-3,7-8,10H,4-6,9H2. The third-order valence-electron chi connectivity index (χ3n) is 2.68. The highest BCUT2D eigenvalue weighted by molar-refractivity contribution is 5.89. The lowest BCUT2D eigenvalue weighted by Gasteiger charge is -2.24. The van der Waals surface area contributed by atoms with Crippen LogP contribution in [0.2, 0.25) is 0 Å². The molecular formula is C12H14O2. The molecule has 0 N–H and O–H groups in total. The van der Waals surface area contributed by atoms with Crippen LogP contribution in [0.3, 0.4) is 0 Å². The topological polar surface area (TPSA) is 26.3 Å². The molecule has 74 valence electrons. The number of carbonyl (C=O) groups excluding carboxylic acids is 1. The van der Waals surface area contributed by atoms with Gasteiger partial charge in [0.15, 0.2) is 0 Å². The predicted octanol–water partition coefficient (Wildman–Crippen LogP) is 2.64. The minimum atomic E-state index is -0.197. The van der Waals surface area contributed by atoms with Crippen LogP contribution >= 0.6 is 0 Å². The Labute approximate surface area is 83.9 Å². The quantitative estimate of drug-likeness (QED) is 0.685. The highest BCUT2D eigenvalue weighted by Crippen LogP contribution is 2.26. The van der Waals surface area contributed by atoms with Crippen molar-refractivity contribution < 1.29 is 9.53 Å². The van der Waals surface area contributed by atoms with E-state index in [0.717, 1.165) is 0 Å². The second-order valence-electron chi connectivity index (χ2n) is 3.76. The number of benzene rings is 1. The van der Waals surface area contributed by atoms with E-state index in [1.165, 1.54) is 19.3 Å². The predicted molar refractivity (Wildman–Crippen MR) is 54.1 cm³/mol. The number of carbonyl (C=O) groups is 1. The maximum atomic E-state index is 11.5. The minimum absolute atomic E-state index is 0.197. The van der Waals surface area contributed by atoms with Crippen molar-refractivity contribution in [3.8, 4) is 0 Å². The van der Waals surface area contributed by atoms with Crippen LogP contribution in [0.4, 0.5) is 0 Å². The monoisotopic (exact) mass is 190 g/mol. The van der Waals surface area contributed by atoms with E-state index in [9.17, 15) is 4.79 Å². The van der Waals surface area contributed by atoms with Crippen molar-refractivity contribution in [2.45, 2.75) is 19.3 Å². The van der Waals surface area contributed by atoms with E-state index in [4.69, 9.17) is 4.74 Å². The van der Waals surface area contributed by atoms with Gasteiger partial charge in [-0.2, -0.15) is 0 Å². The van der Waals surface area contributed by atoms with Crippen molar-refractivity contribution in [2.75, 3.05) is 6.61 Å². The van der Waals surface area contributed by atoms with Gasteiger partial charge in [-0.25, -0.2) is 4.79 Å². The Hall–Kier alpha value is -1.31. The van der Waals surface area contributed by atoms with Crippen LogP contribution in [-0.4, -0.2) is 12.6 Å². The van der Waals surface area contributed by atoms with Crippen LogP contribution < -0.4 is 0 Å². The molecule has 0 atom stereocenters. The highest BCUT2D eigenvalue weighted by atomic mass is 16.5. The summed E-state index contributed by atoms with van der Waals surface area (Å²) in [5, 5.41) is 0. The van der Waals surface area contributed by atoms with Gasteiger partial charge in [0.1, 0.15) is 0 Å². The Kier molecular flexibility index (Phi) is 2.82. The molecule has 1 fully saturated rings. The van der Waals surface area contributed by atoms with Gasteiger partial charge >= 0.3 is 5.97 Å². The molecule has 1 aliphatic rings. The first-order chi connectivity index (χ1) is 6.86. The Morgan fingerprint density at radius 1 is 1.29 bits per heavy atom. The first kappa shape index (κ1) is 9.25. The van der Waals surface area contributed by atoms with Gasteiger partial charge in [-0.3, -0.25) is 0 Å². The number of ether oxygens (including phenoxy) is 1. The van der Waals surface area contributed by atoms with E-state index in [0.29, 0.717) is 18.1 Å². The van der Waals surface area contributed by atoms with E-state index in [1.54, 1.807) is 12.1 Å². The van der Waals surface area contributed by atoms with Crippen molar-refractivity contribution in [3.05, 3.63) is 35.9 Å². The molecule has 0 aliphatic heterocycles. The van der Waals surface area contributed by atoms with Gasteiger partial charge in [0, 0.05) is 0 Å². The fourth-order valence-electron chi connectivity index (χ4n) is 1.51. The molecule has 0 bridgehead atoms. The molecule has 0 aromatic heterocycles. The van der Waals surface area contributed by atoms with E-state index >= 15 is 0 Å². The molecule has 2 heteroatoms. The number of hydrogen-bond donors (Lipinski definition) is 0. The lowest BCUT2D eigenvalue weighted by Crippen LogP contribution is -2.20. The van der Waals surface area contributed by atoms with Gasteiger partial charge in [0.2, 0.25) is 0 Å². The number of hydrogen-bond acceptors (Lipinski definition) is 2. The fraction of sp³-hybridized carbons (Fsp3) is 0.417. The molecule has 0 heterocycles. The molecule has 1 aromatic carbocycles. The molecule has 14 heavy (non-hydrogen) atoms. The summed E-state index contributed by atoms with van der Waals surface area (Å²) in [4.78, 5) is 11.5. The van der Waals surface area contributed by atoms with Gasteiger partial charge in [0.25, 0.3) is 0 Å². The van der Waals surface area contributed by atoms with Crippen molar-refractivity contribution in [1.82, 2.24) is 0 Å². The molecule has 0 radical (unpaired) electrons. The summed E-state index contributed by atoms with van der Waals surface area (Å²) >= 11 is 0. The van der Waals surface area contributed by atoms with Crippen LogP contribution in [0.25, 0.3) is 0 Å². The van der Waals surface area contributed by atoms with E-state index in [1.807, 2.05) is 18.2 Å². The van der Waals surface area contributed by atoms with Crippen molar-refractivity contribution in [3.63, 3.8) is 0 Å². The summed E-state index contributed by atoms with van der Waals surface area (Å²) in [5.74, 6) is 0.417. The maximum Gasteiger partial charge on any atom is 0.338 e. The molecular weight excluding hydrogens is 176 g/mol. The summed E-state index contributed by atoms with van der Waals surface area (Å²) in [5.41, 5.74) is 0.645.